The standard InChI is InChI=1S/C15H15ClN2O2/c1-10(11-5-7-17-8-6-11)18-14-9-12(15(19)20-2)3-4-13(14)16/h3-10,18H,1-2H3. The van der Waals surface area contributed by atoms with Gasteiger partial charge in [0.1, 0.15) is 0 Å². The molecule has 2 rings (SSSR count). The van der Waals surface area contributed by atoms with Crippen molar-refractivity contribution in [1.82, 2.24) is 4.98 Å². The number of pyridine rings is 1. The number of carbonyl (C=O) groups is 1. The third-order valence-corrected chi connectivity index (χ3v) is 3.30. The predicted octanol–water partition coefficient (Wildman–Crippen LogP) is 3.69. The average molecular weight is 291 g/mol. The van der Waals surface area contributed by atoms with Gasteiger partial charge in [-0.1, -0.05) is 11.6 Å². The van der Waals surface area contributed by atoms with Gasteiger partial charge in [0, 0.05) is 18.4 Å². The van der Waals surface area contributed by atoms with Crippen molar-refractivity contribution < 1.29 is 9.53 Å². The van der Waals surface area contributed by atoms with E-state index in [0.717, 1.165) is 5.56 Å². The van der Waals surface area contributed by atoms with Gasteiger partial charge in [-0.25, -0.2) is 4.79 Å². The van der Waals surface area contributed by atoms with Crippen LogP contribution in [-0.2, 0) is 4.74 Å². The van der Waals surface area contributed by atoms with Gasteiger partial charge in [-0.3, -0.25) is 4.98 Å². The summed E-state index contributed by atoms with van der Waals surface area (Å²) >= 11 is 6.15. The molecule has 0 bridgehead atoms. The van der Waals surface area contributed by atoms with Gasteiger partial charge in [-0.2, -0.15) is 0 Å². The minimum absolute atomic E-state index is 0.0448. The van der Waals surface area contributed by atoms with Crippen LogP contribution in [0.2, 0.25) is 5.02 Å². The number of hydrogen-bond acceptors (Lipinski definition) is 4. The van der Waals surface area contributed by atoms with E-state index >= 15 is 0 Å². The van der Waals surface area contributed by atoms with Gasteiger partial charge in [0.05, 0.1) is 23.4 Å². The number of esters is 1. The minimum atomic E-state index is -0.388. The van der Waals surface area contributed by atoms with Gasteiger partial charge in [0.15, 0.2) is 0 Å². The molecule has 0 spiro atoms. The lowest BCUT2D eigenvalue weighted by Gasteiger charge is -2.17. The number of nitrogens with one attached hydrogen (secondary N) is 1. The van der Waals surface area contributed by atoms with Gasteiger partial charge in [-0.05, 0) is 42.8 Å². The van der Waals surface area contributed by atoms with Crippen LogP contribution in [0.4, 0.5) is 5.69 Å². The Morgan fingerprint density at radius 3 is 2.65 bits per heavy atom. The monoisotopic (exact) mass is 290 g/mol. The molecule has 0 aliphatic heterocycles. The highest BCUT2D eigenvalue weighted by Gasteiger charge is 2.11. The molecule has 1 aromatic carbocycles. The van der Waals surface area contributed by atoms with Crippen LogP contribution < -0.4 is 5.32 Å². The van der Waals surface area contributed by atoms with Gasteiger partial charge >= 0.3 is 5.97 Å². The lowest BCUT2D eigenvalue weighted by molar-refractivity contribution is 0.0601. The molecule has 0 aliphatic rings. The molecule has 0 radical (unpaired) electrons. The Bertz CT molecular complexity index is 602. The first kappa shape index (κ1) is 14.3. The highest BCUT2D eigenvalue weighted by atomic mass is 35.5. The Labute approximate surface area is 122 Å². The number of ether oxygens (including phenoxy) is 1. The van der Waals surface area contributed by atoms with Crippen molar-refractivity contribution in [2.45, 2.75) is 13.0 Å². The lowest BCUT2D eigenvalue weighted by Crippen LogP contribution is -2.08. The number of benzene rings is 1. The first-order valence-corrected chi connectivity index (χ1v) is 6.54. The van der Waals surface area contributed by atoms with Crippen molar-refractivity contribution in [2.75, 3.05) is 12.4 Å². The number of aromatic nitrogens is 1. The Kier molecular flexibility index (Phi) is 4.58. The molecule has 20 heavy (non-hydrogen) atoms. The van der Waals surface area contributed by atoms with Crippen LogP contribution in [0, 0.1) is 0 Å². The Balaban J connectivity index is 2.22. The third-order valence-electron chi connectivity index (χ3n) is 2.97. The molecule has 4 nitrogen and oxygen atoms in total. The van der Waals surface area contributed by atoms with Crippen LogP contribution in [0.1, 0.15) is 28.9 Å². The maximum Gasteiger partial charge on any atom is 0.337 e. The first-order valence-electron chi connectivity index (χ1n) is 6.16. The molecule has 0 fully saturated rings. The van der Waals surface area contributed by atoms with Crippen LogP contribution in [0.3, 0.4) is 0 Å². The molecule has 0 aliphatic carbocycles. The molecule has 0 saturated heterocycles. The van der Waals surface area contributed by atoms with E-state index in [9.17, 15) is 4.79 Å². The van der Waals surface area contributed by atoms with E-state index in [0.29, 0.717) is 16.3 Å². The van der Waals surface area contributed by atoms with Crippen molar-refractivity contribution in [1.29, 1.82) is 0 Å². The van der Waals surface area contributed by atoms with Gasteiger partial charge in [0.25, 0.3) is 0 Å². The summed E-state index contributed by atoms with van der Waals surface area (Å²) in [4.78, 5) is 15.5. The Hall–Kier alpha value is -2.07. The Morgan fingerprint density at radius 2 is 2.00 bits per heavy atom. The zero-order valence-corrected chi connectivity index (χ0v) is 12.0. The van der Waals surface area contributed by atoms with Crippen molar-refractivity contribution in [3.8, 4) is 0 Å². The molecule has 0 saturated carbocycles. The number of anilines is 1. The van der Waals surface area contributed by atoms with E-state index < -0.39 is 0 Å². The molecule has 2 aromatic rings. The highest BCUT2D eigenvalue weighted by Crippen LogP contribution is 2.27. The number of halogens is 1. The summed E-state index contributed by atoms with van der Waals surface area (Å²) in [5, 5.41) is 3.83. The van der Waals surface area contributed by atoms with Crippen molar-refractivity contribution in [3.63, 3.8) is 0 Å². The average Bonchev–Trinajstić information content (AvgIpc) is 2.49. The number of carbonyl (C=O) groups excluding carboxylic acids is 1. The van der Waals surface area contributed by atoms with Crippen LogP contribution in [-0.4, -0.2) is 18.1 Å². The van der Waals surface area contributed by atoms with E-state index in [1.54, 1.807) is 30.6 Å². The van der Waals surface area contributed by atoms with E-state index in [2.05, 4.69) is 10.3 Å². The second kappa shape index (κ2) is 6.39. The second-order valence-corrected chi connectivity index (χ2v) is 4.74. The molecule has 0 amide bonds. The number of hydrogen-bond donors (Lipinski definition) is 1. The van der Waals surface area contributed by atoms with Gasteiger partial charge < -0.3 is 10.1 Å². The maximum absolute atomic E-state index is 11.5. The van der Waals surface area contributed by atoms with E-state index in [1.807, 2.05) is 19.1 Å². The summed E-state index contributed by atoms with van der Waals surface area (Å²) < 4.78 is 4.70. The number of methoxy groups -OCH3 is 1. The van der Waals surface area contributed by atoms with Gasteiger partial charge in [-0.15, -0.1) is 0 Å². The fourth-order valence-corrected chi connectivity index (χ4v) is 2.02. The minimum Gasteiger partial charge on any atom is -0.465 e. The Morgan fingerprint density at radius 1 is 1.30 bits per heavy atom. The van der Waals surface area contributed by atoms with E-state index in [-0.39, 0.29) is 12.0 Å². The summed E-state index contributed by atoms with van der Waals surface area (Å²) in [6, 6.07) is 8.90. The summed E-state index contributed by atoms with van der Waals surface area (Å²) in [5.74, 6) is -0.388. The van der Waals surface area contributed by atoms with E-state index in [4.69, 9.17) is 16.3 Å². The summed E-state index contributed by atoms with van der Waals surface area (Å²) in [6.07, 6.45) is 3.47. The molecule has 1 atom stereocenters. The predicted molar refractivity (Wildman–Crippen MR) is 79.1 cm³/mol. The van der Waals surface area contributed by atoms with Crippen LogP contribution in [0.15, 0.2) is 42.7 Å². The zero-order valence-electron chi connectivity index (χ0n) is 11.3. The molecule has 1 heterocycles. The molecule has 1 aromatic heterocycles. The van der Waals surface area contributed by atoms with Crippen molar-refractivity contribution in [3.05, 3.63) is 58.9 Å². The fourth-order valence-electron chi connectivity index (χ4n) is 1.85. The van der Waals surface area contributed by atoms with Crippen molar-refractivity contribution >= 4 is 23.3 Å². The summed E-state index contributed by atoms with van der Waals surface area (Å²) in [7, 11) is 1.35. The van der Waals surface area contributed by atoms with Crippen molar-refractivity contribution in [2.24, 2.45) is 0 Å². The number of nitrogens with zero attached hydrogens (tertiary/aromatic N) is 1. The first-order chi connectivity index (χ1) is 9.61. The molecule has 1 N–H and O–H groups in total. The van der Waals surface area contributed by atoms with Crippen LogP contribution in [0.25, 0.3) is 0 Å². The molecule has 104 valence electrons. The number of rotatable bonds is 4. The SMILES string of the molecule is COC(=O)c1ccc(Cl)c(NC(C)c2ccncc2)c1. The second-order valence-electron chi connectivity index (χ2n) is 4.33. The molecular weight excluding hydrogens is 276 g/mol. The summed E-state index contributed by atoms with van der Waals surface area (Å²) in [6.45, 7) is 2.01. The normalized spacial score (nSPS) is 11.8. The topological polar surface area (TPSA) is 51.2 Å². The zero-order chi connectivity index (χ0) is 14.5. The quantitative estimate of drug-likeness (QED) is 0.873. The molecular formula is C15H15ClN2O2. The molecule has 1 unspecified atom stereocenters. The smallest absolute Gasteiger partial charge is 0.337 e. The van der Waals surface area contributed by atoms with E-state index in [1.165, 1.54) is 7.11 Å². The largest absolute Gasteiger partial charge is 0.465 e. The van der Waals surface area contributed by atoms with Gasteiger partial charge in [0.2, 0.25) is 0 Å². The molecule has 5 heteroatoms. The maximum atomic E-state index is 11.5. The van der Waals surface area contributed by atoms with Crippen LogP contribution in [0.5, 0.6) is 0 Å². The fraction of sp³-hybridized carbons (Fsp3) is 0.200. The summed E-state index contributed by atoms with van der Waals surface area (Å²) in [5.41, 5.74) is 2.24. The highest BCUT2D eigenvalue weighted by molar-refractivity contribution is 6.33. The lowest BCUT2D eigenvalue weighted by atomic mass is 10.1. The van der Waals surface area contributed by atoms with Crippen LogP contribution >= 0.6 is 11.6 Å². The third kappa shape index (κ3) is 3.27.